The summed E-state index contributed by atoms with van der Waals surface area (Å²) in [6.07, 6.45) is -5.34. The van der Waals surface area contributed by atoms with Crippen LogP contribution in [0.25, 0.3) is 0 Å². The van der Waals surface area contributed by atoms with Crippen LogP contribution >= 0.6 is 12.4 Å². The molecule has 0 amide bonds. The van der Waals surface area contributed by atoms with Gasteiger partial charge in [-0.15, -0.1) is 12.4 Å². The molecule has 0 radical (unpaired) electrons. The molecule has 0 aromatic heterocycles. The highest BCUT2D eigenvalue weighted by Gasteiger charge is 2.32. The van der Waals surface area contributed by atoms with Gasteiger partial charge in [0.15, 0.2) is 0 Å². The van der Waals surface area contributed by atoms with Crippen LogP contribution in [0.2, 0.25) is 0 Å². The average molecular weight is 357 g/mol. The van der Waals surface area contributed by atoms with Crippen LogP contribution in [0.4, 0.5) is 17.6 Å². The quantitative estimate of drug-likeness (QED) is 0.817. The number of rotatable bonds is 5. The standard InChI is InChI=1S/C15H20F4N2O.ClH/c1-22-11-2-3-13(16)12(10-11)14(4-5-15(17,18)19)21-8-6-20-7-9-21;/h2-3,10,14,20H,4-9H2,1H3;1H/t14-;/m1./s1. The van der Waals surface area contributed by atoms with Crippen LogP contribution in [0.15, 0.2) is 18.2 Å². The van der Waals surface area contributed by atoms with E-state index in [0.29, 0.717) is 31.9 Å². The maximum Gasteiger partial charge on any atom is 0.389 e. The summed E-state index contributed by atoms with van der Waals surface area (Å²) in [5.74, 6) is -0.0462. The average Bonchev–Trinajstić information content (AvgIpc) is 2.49. The molecule has 1 N–H and O–H groups in total. The van der Waals surface area contributed by atoms with Crippen molar-refractivity contribution in [3.63, 3.8) is 0 Å². The van der Waals surface area contributed by atoms with Gasteiger partial charge in [-0.3, -0.25) is 4.90 Å². The van der Waals surface area contributed by atoms with E-state index < -0.39 is 24.5 Å². The number of piperazine rings is 1. The summed E-state index contributed by atoms with van der Waals surface area (Å²) in [5.41, 5.74) is 0.269. The lowest BCUT2D eigenvalue weighted by atomic mass is 9.98. The van der Waals surface area contributed by atoms with Crippen LogP contribution < -0.4 is 10.1 Å². The molecule has 0 spiro atoms. The molecule has 0 saturated carbocycles. The number of nitrogens with one attached hydrogen (secondary N) is 1. The largest absolute Gasteiger partial charge is 0.497 e. The fourth-order valence-electron chi connectivity index (χ4n) is 2.73. The van der Waals surface area contributed by atoms with Crippen molar-refractivity contribution in [1.29, 1.82) is 0 Å². The molecule has 8 heteroatoms. The van der Waals surface area contributed by atoms with Crippen molar-refractivity contribution in [2.75, 3.05) is 33.3 Å². The van der Waals surface area contributed by atoms with Gasteiger partial charge in [-0.1, -0.05) is 0 Å². The number of hydrogen-bond donors (Lipinski definition) is 1. The normalized spacial score (nSPS) is 17.4. The zero-order valence-corrected chi connectivity index (χ0v) is 13.6. The van der Waals surface area contributed by atoms with E-state index in [2.05, 4.69) is 5.32 Å². The lowest BCUT2D eigenvalue weighted by Gasteiger charge is -2.35. The number of benzene rings is 1. The highest BCUT2D eigenvalue weighted by molar-refractivity contribution is 5.85. The molecular formula is C15H21ClF4N2O. The Labute approximate surface area is 139 Å². The van der Waals surface area contributed by atoms with E-state index in [0.717, 1.165) is 0 Å². The Kier molecular flexibility index (Phi) is 7.57. The van der Waals surface area contributed by atoms with Crippen molar-refractivity contribution < 1.29 is 22.3 Å². The third-order valence-corrected chi connectivity index (χ3v) is 3.86. The number of halogens is 5. The first-order valence-corrected chi connectivity index (χ1v) is 7.25. The van der Waals surface area contributed by atoms with E-state index in [1.54, 1.807) is 0 Å². The number of hydrogen-bond acceptors (Lipinski definition) is 3. The molecule has 2 rings (SSSR count). The van der Waals surface area contributed by atoms with Gasteiger partial charge in [0.1, 0.15) is 11.6 Å². The molecule has 0 unspecified atom stereocenters. The van der Waals surface area contributed by atoms with Crippen molar-refractivity contribution in [3.05, 3.63) is 29.6 Å². The summed E-state index contributed by atoms with van der Waals surface area (Å²) in [4.78, 5) is 1.90. The number of methoxy groups -OCH3 is 1. The van der Waals surface area contributed by atoms with Gasteiger partial charge in [0.2, 0.25) is 0 Å². The van der Waals surface area contributed by atoms with Crippen molar-refractivity contribution in [2.24, 2.45) is 0 Å². The Morgan fingerprint density at radius 3 is 2.48 bits per heavy atom. The van der Waals surface area contributed by atoms with Gasteiger partial charge < -0.3 is 10.1 Å². The topological polar surface area (TPSA) is 24.5 Å². The predicted molar refractivity (Wildman–Crippen MR) is 82.7 cm³/mol. The lowest BCUT2D eigenvalue weighted by molar-refractivity contribution is -0.138. The molecule has 23 heavy (non-hydrogen) atoms. The summed E-state index contributed by atoms with van der Waals surface area (Å²) in [6.45, 7) is 2.57. The van der Waals surface area contributed by atoms with Crippen LogP contribution in [0.5, 0.6) is 5.75 Å². The number of nitrogens with zero attached hydrogens (tertiary/aromatic N) is 1. The molecule has 0 bridgehead atoms. The molecule has 132 valence electrons. The Morgan fingerprint density at radius 1 is 1.26 bits per heavy atom. The molecule has 1 saturated heterocycles. The van der Waals surface area contributed by atoms with E-state index in [1.165, 1.54) is 25.3 Å². The van der Waals surface area contributed by atoms with E-state index >= 15 is 0 Å². The third-order valence-electron chi connectivity index (χ3n) is 3.86. The third kappa shape index (κ3) is 5.82. The zero-order valence-electron chi connectivity index (χ0n) is 12.8. The summed E-state index contributed by atoms with van der Waals surface area (Å²) >= 11 is 0. The van der Waals surface area contributed by atoms with Gasteiger partial charge in [0.25, 0.3) is 0 Å². The number of ether oxygens (including phenoxy) is 1. The Balaban J connectivity index is 0.00000264. The maximum absolute atomic E-state index is 14.2. The highest BCUT2D eigenvalue weighted by Crippen LogP contribution is 2.34. The van der Waals surface area contributed by atoms with Crippen molar-refractivity contribution in [2.45, 2.75) is 25.1 Å². The zero-order chi connectivity index (χ0) is 16.2. The summed E-state index contributed by atoms with van der Waals surface area (Å²) in [6, 6.07) is 3.62. The van der Waals surface area contributed by atoms with Gasteiger partial charge in [0.05, 0.1) is 7.11 Å². The highest BCUT2D eigenvalue weighted by atomic mass is 35.5. The second-order valence-corrected chi connectivity index (χ2v) is 5.34. The first kappa shape index (κ1) is 20.0. The van der Waals surface area contributed by atoms with Crippen molar-refractivity contribution in [1.82, 2.24) is 10.2 Å². The van der Waals surface area contributed by atoms with Gasteiger partial charge in [-0.05, 0) is 24.6 Å². The minimum absolute atomic E-state index is 0. The molecule has 1 fully saturated rings. The van der Waals surface area contributed by atoms with Crippen LogP contribution in [0.1, 0.15) is 24.4 Å². The van der Waals surface area contributed by atoms with Crippen LogP contribution in [-0.2, 0) is 0 Å². The molecule has 3 nitrogen and oxygen atoms in total. The molecule has 1 aliphatic rings. The minimum Gasteiger partial charge on any atom is -0.497 e. The Hall–Kier alpha value is -1.05. The molecular weight excluding hydrogens is 336 g/mol. The van der Waals surface area contributed by atoms with Crippen LogP contribution in [-0.4, -0.2) is 44.4 Å². The predicted octanol–water partition coefficient (Wildman–Crippen LogP) is 3.54. The van der Waals surface area contributed by atoms with E-state index in [1.807, 2.05) is 4.90 Å². The van der Waals surface area contributed by atoms with Gasteiger partial charge in [-0.2, -0.15) is 13.2 Å². The first-order valence-electron chi connectivity index (χ1n) is 7.25. The summed E-state index contributed by atoms with van der Waals surface area (Å²) in [5, 5.41) is 3.15. The van der Waals surface area contributed by atoms with Crippen LogP contribution in [0.3, 0.4) is 0 Å². The molecule has 1 atom stereocenters. The monoisotopic (exact) mass is 356 g/mol. The smallest absolute Gasteiger partial charge is 0.389 e. The van der Waals surface area contributed by atoms with Gasteiger partial charge >= 0.3 is 6.18 Å². The van der Waals surface area contributed by atoms with Crippen molar-refractivity contribution >= 4 is 12.4 Å². The molecule has 1 heterocycles. The van der Waals surface area contributed by atoms with Crippen LogP contribution in [0, 0.1) is 5.82 Å². The molecule has 1 aliphatic heterocycles. The second kappa shape index (κ2) is 8.70. The van der Waals surface area contributed by atoms with Gasteiger partial charge in [-0.25, -0.2) is 4.39 Å². The molecule has 1 aromatic carbocycles. The SMILES string of the molecule is COc1ccc(F)c([C@@H](CCC(F)(F)F)N2CCNCC2)c1.Cl. The Bertz CT molecular complexity index is 493. The number of alkyl halides is 3. The second-order valence-electron chi connectivity index (χ2n) is 5.34. The minimum atomic E-state index is -4.25. The Morgan fingerprint density at radius 2 is 1.91 bits per heavy atom. The van der Waals surface area contributed by atoms with Crippen molar-refractivity contribution in [3.8, 4) is 5.75 Å². The lowest BCUT2D eigenvalue weighted by Crippen LogP contribution is -2.45. The van der Waals surface area contributed by atoms with E-state index in [4.69, 9.17) is 4.74 Å². The van der Waals surface area contributed by atoms with E-state index in [-0.39, 0.29) is 24.4 Å². The fourth-order valence-corrected chi connectivity index (χ4v) is 2.73. The van der Waals surface area contributed by atoms with E-state index in [9.17, 15) is 17.6 Å². The summed E-state index contributed by atoms with van der Waals surface area (Å²) in [7, 11) is 1.45. The fraction of sp³-hybridized carbons (Fsp3) is 0.600. The molecule has 1 aromatic rings. The molecule has 0 aliphatic carbocycles. The summed E-state index contributed by atoms with van der Waals surface area (Å²) < 4.78 is 57.0. The van der Waals surface area contributed by atoms with Gasteiger partial charge in [0, 0.05) is 44.2 Å². The first-order chi connectivity index (χ1) is 10.4. The maximum atomic E-state index is 14.2.